The first kappa shape index (κ1) is 21.9. The van der Waals surface area contributed by atoms with Crippen molar-refractivity contribution >= 4 is 11.7 Å². The van der Waals surface area contributed by atoms with Gasteiger partial charge in [-0.25, -0.2) is 4.98 Å². The van der Waals surface area contributed by atoms with E-state index in [0.717, 1.165) is 17.8 Å². The van der Waals surface area contributed by atoms with Crippen molar-refractivity contribution in [2.24, 2.45) is 0 Å². The standard InChI is InChI=1S/C21H24F3N3O3/c1-3-29-17-7-5-14(2)11-16(17)20(28)27-9-4-10-30-19(27)13-26-18-8-6-15(12-25-18)21(22,23)24/h5-8,11-12,19H,3-4,9-10,13H2,1-2H3,(H,25,26). The van der Waals surface area contributed by atoms with Gasteiger partial charge in [-0.05, 0) is 44.5 Å². The van der Waals surface area contributed by atoms with Gasteiger partial charge in [0.1, 0.15) is 17.8 Å². The maximum atomic E-state index is 13.2. The average Bonchev–Trinajstić information content (AvgIpc) is 2.73. The van der Waals surface area contributed by atoms with E-state index in [9.17, 15) is 18.0 Å². The molecule has 1 saturated heterocycles. The Morgan fingerprint density at radius 1 is 1.33 bits per heavy atom. The Morgan fingerprint density at radius 2 is 2.13 bits per heavy atom. The Bertz CT molecular complexity index is 872. The Labute approximate surface area is 173 Å². The normalized spacial score (nSPS) is 17.0. The summed E-state index contributed by atoms with van der Waals surface area (Å²) in [5.74, 6) is 0.568. The van der Waals surface area contributed by atoms with Gasteiger partial charge in [-0.15, -0.1) is 0 Å². The number of anilines is 1. The SMILES string of the molecule is CCOc1ccc(C)cc1C(=O)N1CCCOC1CNc1ccc(C(F)(F)F)cn1. The van der Waals surface area contributed by atoms with Crippen LogP contribution >= 0.6 is 0 Å². The Kier molecular flexibility index (Phi) is 6.81. The number of ether oxygens (including phenoxy) is 2. The number of aromatic nitrogens is 1. The highest BCUT2D eigenvalue weighted by atomic mass is 19.4. The molecule has 1 amide bonds. The van der Waals surface area contributed by atoms with Crippen molar-refractivity contribution < 1.29 is 27.4 Å². The Morgan fingerprint density at radius 3 is 2.80 bits per heavy atom. The monoisotopic (exact) mass is 423 g/mol. The zero-order chi connectivity index (χ0) is 21.7. The van der Waals surface area contributed by atoms with Crippen LogP contribution in [0.2, 0.25) is 0 Å². The minimum absolute atomic E-state index is 0.194. The minimum atomic E-state index is -4.44. The first-order valence-corrected chi connectivity index (χ1v) is 9.72. The highest BCUT2D eigenvalue weighted by Crippen LogP contribution is 2.29. The molecule has 1 aromatic heterocycles. The second-order valence-electron chi connectivity index (χ2n) is 6.92. The second kappa shape index (κ2) is 9.34. The third-order valence-electron chi connectivity index (χ3n) is 4.68. The fraction of sp³-hybridized carbons (Fsp3) is 0.429. The van der Waals surface area contributed by atoms with Gasteiger partial charge in [-0.1, -0.05) is 11.6 Å². The van der Waals surface area contributed by atoms with Gasteiger partial charge in [0.2, 0.25) is 0 Å². The van der Waals surface area contributed by atoms with Crippen LogP contribution in [0, 0.1) is 6.92 Å². The molecule has 1 fully saturated rings. The lowest BCUT2D eigenvalue weighted by Crippen LogP contribution is -2.49. The number of carbonyl (C=O) groups excluding carboxylic acids is 1. The molecule has 3 rings (SSSR count). The lowest BCUT2D eigenvalue weighted by Gasteiger charge is -2.36. The summed E-state index contributed by atoms with van der Waals surface area (Å²) in [4.78, 5) is 18.6. The zero-order valence-electron chi connectivity index (χ0n) is 16.8. The number of amides is 1. The zero-order valence-corrected chi connectivity index (χ0v) is 16.8. The molecule has 0 aliphatic carbocycles. The van der Waals surface area contributed by atoms with Gasteiger partial charge < -0.3 is 19.7 Å². The first-order chi connectivity index (χ1) is 14.3. The fourth-order valence-corrected chi connectivity index (χ4v) is 3.19. The third-order valence-corrected chi connectivity index (χ3v) is 4.68. The highest BCUT2D eigenvalue weighted by molar-refractivity contribution is 5.97. The van der Waals surface area contributed by atoms with E-state index in [-0.39, 0.29) is 18.3 Å². The number of carbonyl (C=O) groups is 1. The number of hydrogen-bond donors (Lipinski definition) is 1. The number of aryl methyl sites for hydroxylation is 1. The summed E-state index contributed by atoms with van der Waals surface area (Å²) >= 11 is 0. The second-order valence-corrected chi connectivity index (χ2v) is 6.92. The maximum Gasteiger partial charge on any atom is 0.417 e. The molecule has 1 unspecified atom stereocenters. The van der Waals surface area contributed by atoms with E-state index in [1.165, 1.54) is 6.07 Å². The molecule has 0 radical (unpaired) electrons. The van der Waals surface area contributed by atoms with E-state index in [1.54, 1.807) is 17.0 Å². The van der Waals surface area contributed by atoms with Gasteiger partial charge in [0.15, 0.2) is 0 Å². The molecule has 2 heterocycles. The molecular formula is C21H24F3N3O3. The highest BCUT2D eigenvalue weighted by Gasteiger charge is 2.32. The number of nitrogens with zero attached hydrogens (tertiary/aromatic N) is 2. The molecule has 162 valence electrons. The summed E-state index contributed by atoms with van der Waals surface area (Å²) in [5, 5.41) is 2.95. The quantitative estimate of drug-likeness (QED) is 0.758. The number of alkyl halides is 3. The van der Waals surface area contributed by atoms with Gasteiger partial charge >= 0.3 is 6.18 Å². The van der Waals surface area contributed by atoms with Crippen LogP contribution in [-0.4, -0.2) is 48.3 Å². The van der Waals surface area contributed by atoms with E-state index in [0.29, 0.717) is 37.5 Å². The summed E-state index contributed by atoms with van der Waals surface area (Å²) < 4.78 is 49.4. The number of pyridine rings is 1. The molecule has 30 heavy (non-hydrogen) atoms. The van der Waals surface area contributed by atoms with Crippen LogP contribution < -0.4 is 10.1 Å². The van der Waals surface area contributed by atoms with Crippen molar-refractivity contribution in [2.45, 2.75) is 32.7 Å². The molecule has 1 aromatic carbocycles. The summed E-state index contributed by atoms with van der Waals surface area (Å²) in [7, 11) is 0. The van der Waals surface area contributed by atoms with Gasteiger partial charge in [0, 0.05) is 12.7 Å². The van der Waals surface area contributed by atoms with Crippen LogP contribution in [0.1, 0.15) is 34.8 Å². The van der Waals surface area contributed by atoms with Crippen molar-refractivity contribution in [3.05, 3.63) is 53.2 Å². The lowest BCUT2D eigenvalue weighted by atomic mass is 10.1. The number of benzene rings is 1. The summed E-state index contributed by atoms with van der Waals surface area (Å²) in [5.41, 5.74) is 0.574. The molecule has 1 N–H and O–H groups in total. The lowest BCUT2D eigenvalue weighted by molar-refractivity contribution is -0.137. The topological polar surface area (TPSA) is 63.7 Å². The molecule has 1 aliphatic rings. The Hall–Kier alpha value is -2.81. The van der Waals surface area contributed by atoms with Crippen LogP contribution in [-0.2, 0) is 10.9 Å². The van der Waals surface area contributed by atoms with Crippen LogP contribution in [0.15, 0.2) is 36.5 Å². The van der Waals surface area contributed by atoms with Crippen molar-refractivity contribution in [2.75, 3.05) is 31.6 Å². The van der Waals surface area contributed by atoms with Crippen LogP contribution in [0.4, 0.5) is 19.0 Å². The number of hydrogen-bond acceptors (Lipinski definition) is 5. The summed E-state index contributed by atoms with van der Waals surface area (Å²) in [6, 6.07) is 7.65. The van der Waals surface area contributed by atoms with E-state index in [4.69, 9.17) is 9.47 Å². The summed E-state index contributed by atoms with van der Waals surface area (Å²) in [6.07, 6.45) is -3.55. The molecule has 0 spiro atoms. The molecule has 6 nitrogen and oxygen atoms in total. The van der Waals surface area contributed by atoms with Gasteiger partial charge in [-0.3, -0.25) is 4.79 Å². The van der Waals surface area contributed by atoms with Crippen molar-refractivity contribution in [1.29, 1.82) is 0 Å². The minimum Gasteiger partial charge on any atom is -0.493 e. The molecule has 0 bridgehead atoms. The number of rotatable bonds is 6. The fourth-order valence-electron chi connectivity index (χ4n) is 3.19. The van der Waals surface area contributed by atoms with Gasteiger partial charge in [-0.2, -0.15) is 13.2 Å². The maximum absolute atomic E-state index is 13.2. The van der Waals surface area contributed by atoms with Crippen molar-refractivity contribution in [3.8, 4) is 5.75 Å². The largest absolute Gasteiger partial charge is 0.493 e. The summed E-state index contributed by atoms with van der Waals surface area (Å²) in [6.45, 7) is 5.37. The van der Waals surface area contributed by atoms with E-state index in [1.807, 2.05) is 19.9 Å². The molecular weight excluding hydrogens is 399 g/mol. The predicted molar refractivity (Wildman–Crippen MR) is 105 cm³/mol. The van der Waals surface area contributed by atoms with Crippen LogP contribution in [0.25, 0.3) is 0 Å². The first-order valence-electron chi connectivity index (χ1n) is 9.72. The smallest absolute Gasteiger partial charge is 0.417 e. The molecule has 1 atom stereocenters. The van der Waals surface area contributed by atoms with Crippen molar-refractivity contribution in [3.63, 3.8) is 0 Å². The van der Waals surface area contributed by atoms with E-state index in [2.05, 4.69) is 10.3 Å². The third kappa shape index (κ3) is 5.21. The molecule has 2 aromatic rings. The van der Waals surface area contributed by atoms with E-state index >= 15 is 0 Å². The number of nitrogens with one attached hydrogen (secondary N) is 1. The molecule has 1 aliphatic heterocycles. The number of halogens is 3. The average molecular weight is 423 g/mol. The predicted octanol–water partition coefficient (Wildman–Crippen LogP) is 4.11. The molecule has 0 saturated carbocycles. The van der Waals surface area contributed by atoms with Crippen LogP contribution in [0.3, 0.4) is 0 Å². The van der Waals surface area contributed by atoms with Gasteiger partial charge in [0.25, 0.3) is 5.91 Å². The Balaban J connectivity index is 1.72. The van der Waals surface area contributed by atoms with E-state index < -0.39 is 18.0 Å². The van der Waals surface area contributed by atoms with Crippen LogP contribution in [0.5, 0.6) is 5.75 Å². The molecule has 9 heteroatoms. The van der Waals surface area contributed by atoms with Crippen molar-refractivity contribution in [1.82, 2.24) is 9.88 Å². The van der Waals surface area contributed by atoms with Gasteiger partial charge in [0.05, 0.1) is 30.9 Å².